The molecule has 0 amide bonds. The van der Waals surface area contributed by atoms with Gasteiger partial charge < -0.3 is 24.6 Å². The molecule has 0 spiro atoms. The average Bonchev–Trinajstić information content (AvgIpc) is 3.45. The quantitative estimate of drug-likeness (QED) is 0.118. The predicted octanol–water partition coefficient (Wildman–Crippen LogP) is 3.41. The van der Waals surface area contributed by atoms with Crippen molar-refractivity contribution in [3.63, 3.8) is 0 Å². The Bertz CT molecular complexity index is 1650. The number of hydrogen-bond donors (Lipinski definition) is 4. The van der Waals surface area contributed by atoms with Gasteiger partial charge in [-0.25, -0.2) is 14.3 Å². The van der Waals surface area contributed by atoms with E-state index in [2.05, 4.69) is 51.7 Å². The lowest BCUT2D eigenvalue weighted by Crippen LogP contribution is -2.75. The number of nitrogens with zero attached hydrogens (tertiary/aromatic N) is 4. The third-order valence-electron chi connectivity index (χ3n) is 8.35. The Kier molecular flexibility index (Phi) is 7.21. The van der Waals surface area contributed by atoms with Crippen molar-refractivity contribution in [2.24, 2.45) is 0 Å². The first kappa shape index (κ1) is 28.5. The van der Waals surface area contributed by atoms with Crippen molar-refractivity contribution >= 4 is 23.0 Å². The van der Waals surface area contributed by atoms with Crippen molar-refractivity contribution < 1.29 is 29.4 Å². The fourth-order valence-corrected chi connectivity index (χ4v) is 5.98. The summed E-state index contributed by atoms with van der Waals surface area (Å²) in [5, 5.41) is 34.6. The number of carboxylic acids is 1. The van der Waals surface area contributed by atoms with Crippen LogP contribution in [0.25, 0.3) is 11.2 Å². The summed E-state index contributed by atoms with van der Waals surface area (Å²) in [5.41, 5.74) is -0.637. The molecule has 3 atom stereocenters. The van der Waals surface area contributed by atoms with Gasteiger partial charge in [-0.2, -0.15) is 0 Å². The number of ether oxygens (including phenoxy) is 1. The minimum absolute atomic E-state index is 0.261. The molecule has 10 heteroatoms. The Hall–Kier alpha value is -4.64. The summed E-state index contributed by atoms with van der Waals surface area (Å²) in [6, 6.07) is 30.6. The molecular formula is C33H34N5O5+. The number of carbonyl (C=O) groups is 1. The average molecular weight is 581 g/mol. The Morgan fingerprint density at radius 1 is 0.953 bits per heavy atom. The zero-order valence-electron chi connectivity index (χ0n) is 24.0. The number of aryl methyl sites for hydroxylation is 1. The van der Waals surface area contributed by atoms with Gasteiger partial charge in [-0.1, -0.05) is 96.0 Å². The highest BCUT2D eigenvalue weighted by Crippen LogP contribution is 2.40. The van der Waals surface area contributed by atoms with E-state index in [4.69, 9.17) is 4.74 Å². The SMILES string of the molecule is C[C@]1(C(=O)O)Nc2c3ncn(CCCOC(c4ccccc4)(c4ccccc4)c4ccccc4)c3nc[n+]2[C@](C)(O)[C@@H]1O. The highest BCUT2D eigenvalue weighted by Gasteiger charge is 2.59. The molecule has 0 bridgehead atoms. The standard InChI is InChI=1S/C33H33N5O5/c1-31(30(40)41)29(39)32(2,42)38-22-35-27-26(28(38)36-31)34-21-37(27)19-12-20-43-33(23-13-6-3-7-14-23,24-15-8-4-9-16-24)25-17-10-5-11-18-25/h3-11,13-18,21-22,29,39,42H,12,19-20H2,1-2H3,(H,40,41)/p+1/t29-,31+,32-/m1/s1. The predicted molar refractivity (Wildman–Crippen MR) is 159 cm³/mol. The first-order valence-electron chi connectivity index (χ1n) is 14.2. The molecule has 0 unspecified atom stereocenters. The number of aliphatic hydroxyl groups is 2. The number of benzene rings is 3. The van der Waals surface area contributed by atoms with E-state index in [0.29, 0.717) is 30.7 Å². The first-order valence-corrected chi connectivity index (χ1v) is 14.2. The zero-order valence-corrected chi connectivity index (χ0v) is 24.0. The maximum absolute atomic E-state index is 12.1. The molecule has 0 saturated heterocycles. The van der Waals surface area contributed by atoms with Gasteiger partial charge >= 0.3 is 5.97 Å². The molecule has 1 aliphatic heterocycles. The Labute approximate surface area is 248 Å². The number of fused-ring (bicyclic) bond motifs is 3. The van der Waals surface area contributed by atoms with Gasteiger partial charge in [-0.15, -0.1) is 0 Å². The van der Waals surface area contributed by atoms with Crippen LogP contribution in [0, 0.1) is 0 Å². The molecular weight excluding hydrogens is 546 g/mol. The molecule has 0 fully saturated rings. The van der Waals surface area contributed by atoms with Gasteiger partial charge in [0.2, 0.25) is 23.2 Å². The van der Waals surface area contributed by atoms with Crippen LogP contribution < -0.4 is 9.88 Å². The topological polar surface area (TPSA) is 134 Å². The molecule has 3 heterocycles. The molecule has 220 valence electrons. The Balaban J connectivity index is 1.30. The van der Waals surface area contributed by atoms with Crippen molar-refractivity contribution in [1.82, 2.24) is 14.5 Å². The first-order chi connectivity index (χ1) is 20.7. The molecule has 0 saturated carbocycles. The van der Waals surface area contributed by atoms with Crippen molar-refractivity contribution in [2.45, 2.75) is 49.8 Å². The van der Waals surface area contributed by atoms with Gasteiger partial charge in [0.15, 0.2) is 11.6 Å². The van der Waals surface area contributed by atoms with Gasteiger partial charge in [-0.3, -0.25) is 5.32 Å². The highest BCUT2D eigenvalue weighted by molar-refractivity contribution is 5.88. The van der Waals surface area contributed by atoms with E-state index < -0.39 is 28.9 Å². The van der Waals surface area contributed by atoms with E-state index in [0.717, 1.165) is 16.7 Å². The molecule has 10 nitrogen and oxygen atoms in total. The summed E-state index contributed by atoms with van der Waals surface area (Å²) in [6.07, 6.45) is 2.00. The number of aliphatic hydroxyl groups excluding tert-OH is 1. The molecule has 2 aromatic heterocycles. The van der Waals surface area contributed by atoms with Gasteiger partial charge in [0.1, 0.15) is 5.60 Å². The Morgan fingerprint density at radius 3 is 2.00 bits per heavy atom. The van der Waals surface area contributed by atoms with E-state index in [1.807, 2.05) is 59.2 Å². The zero-order chi connectivity index (χ0) is 30.2. The fourth-order valence-electron chi connectivity index (χ4n) is 5.98. The van der Waals surface area contributed by atoms with Crippen LogP contribution in [0.4, 0.5) is 5.82 Å². The van der Waals surface area contributed by atoms with E-state index in [1.165, 1.54) is 24.7 Å². The largest absolute Gasteiger partial charge is 0.478 e. The summed E-state index contributed by atoms with van der Waals surface area (Å²) in [5.74, 6) is -1.04. The lowest BCUT2D eigenvalue weighted by molar-refractivity contribution is -0.807. The summed E-state index contributed by atoms with van der Waals surface area (Å²) in [7, 11) is 0. The molecule has 3 aromatic carbocycles. The molecule has 4 N–H and O–H groups in total. The highest BCUT2D eigenvalue weighted by atomic mass is 16.5. The summed E-state index contributed by atoms with van der Waals surface area (Å²) in [6.45, 7) is 3.62. The van der Waals surface area contributed by atoms with Crippen LogP contribution >= 0.6 is 0 Å². The normalized spacial score (nSPS) is 21.7. The second-order valence-corrected chi connectivity index (χ2v) is 11.2. The lowest BCUT2D eigenvalue weighted by atomic mass is 9.80. The van der Waals surface area contributed by atoms with Crippen LogP contribution in [0.3, 0.4) is 0 Å². The number of aliphatic carboxylic acids is 1. The number of hydrogen-bond acceptors (Lipinski definition) is 7. The minimum Gasteiger partial charge on any atom is -0.478 e. The van der Waals surface area contributed by atoms with Crippen LogP contribution in [0.15, 0.2) is 104 Å². The smallest absolute Gasteiger partial charge is 0.346 e. The number of imidazole rings is 1. The van der Waals surface area contributed by atoms with Crippen molar-refractivity contribution in [3.05, 3.63) is 120 Å². The lowest BCUT2D eigenvalue weighted by Gasteiger charge is -2.41. The number of nitrogens with one attached hydrogen (secondary N) is 1. The number of rotatable bonds is 9. The molecule has 6 rings (SSSR count). The van der Waals surface area contributed by atoms with Crippen LogP contribution in [0.2, 0.25) is 0 Å². The summed E-state index contributed by atoms with van der Waals surface area (Å²) in [4.78, 5) is 21.1. The molecule has 0 aliphatic carbocycles. The van der Waals surface area contributed by atoms with Crippen LogP contribution in [0.1, 0.15) is 37.0 Å². The number of anilines is 1. The van der Waals surface area contributed by atoms with Crippen molar-refractivity contribution in [1.29, 1.82) is 0 Å². The monoisotopic (exact) mass is 580 g/mol. The molecule has 43 heavy (non-hydrogen) atoms. The summed E-state index contributed by atoms with van der Waals surface area (Å²) < 4.78 is 10.1. The Morgan fingerprint density at radius 2 is 1.49 bits per heavy atom. The van der Waals surface area contributed by atoms with E-state index in [-0.39, 0.29) is 5.82 Å². The summed E-state index contributed by atoms with van der Waals surface area (Å²) >= 11 is 0. The van der Waals surface area contributed by atoms with Crippen LogP contribution in [-0.2, 0) is 27.4 Å². The maximum atomic E-state index is 12.1. The number of carboxylic acid groups (broad SMARTS) is 1. The van der Waals surface area contributed by atoms with Gasteiger partial charge in [0.25, 0.3) is 5.82 Å². The minimum atomic E-state index is -1.93. The van der Waals surface area contributed by atoms with Crippen LogP contribution in [0.5, 0.6) is 0 Å². The third kappa shape index (κ3) is 4.64. The maximum Gasteiger partial charge on any atom is 0.346 e. The number of aromatic nitrogens is 4. The molecule has 5 aromatic rings. The van der Waals surface area contributed by atoms with E-state index in [9.17, 15) is 20.1 Å². The van der Waals surface area contributed by atoms with E-state index in [1.54, 1.807) is 6.33 Å². The van der Waals surface area contributed by atoms with Crippen LogP contribution in [-0.4, -0.2) is 54.1 Å². The van der Waals surface area contributed by atoms with Gasteiger partial charge in [0, 0.05) is 13.5 Å². The third-order valence-corrected chi connectivity index (χ3v) is 8.35. The van der Waals surface area contributed by atoms with Crippen molar-refractivity contribution in [2.75, 3.05) is 11.9 Å². The second kappa shape index (κ2) is 10.9. The van der Waals surface area contributed by atoms with Gasteiger partial charge in [-0.05, 0) is 30.0 Å². The van der Waals surface area contributed by atoms with Gasteiger partial charge in [0.05, 0.1) is 12.9 Å². The fraction of sp³-hybridized carbons (Fsp3) is 0.273. The van der Waals surface area contributed by atoms with E-state index >= 15 is 0 Å². The molecule has 0 radical (unpaired) electrons. The molecule has 1 aliphatic rings. The van der Waals surface area contributed by atoms with Crippen molar-refractivity contribution in [3.8, 4) is 0 Å². The second-order valence-electron chi connectivity index (χ2n) is 11.2.